The van der Waals surface area contributed by atoms with Crippen LogP contribution in [0.15, 0.2) is 30.3 Å². The third-order valence-electron chi connectivity index (χ3n) is 5.36. The molecule has 0 aliphatic carbocycles. The minimum Gasteiger partial charge on any atom is -0.494 e. The van der Waals surface area contributed by atoms with Gasteiger partial charge in [-0.2, -0.15) is 0 Å². The number of morpholine rings is 1. The van der Waals surface area contributed by atoms with Crippen molar-refractivity contribution >= 4 is 5.91 Å². The van der Waals surface area contributed by atoms with E-state index >= 15 is 0 Å². The Labute approximate surface area is 166 Å². The Bertz CT molecular complexity index is 605. The number of hydrogen-bond donors (Lipinski definition) is 1. The summed E-state index contributed by atoms with van der Waals surface area (Å²) < 4.78 is 38.5. The van der Waals surface area contributed by atoms with Crippen molar-refractivity contribution in [3.8, 4) is 5.75 Å². The van der Waals surface area contributed by atoms with Gasteiger partial charge in [-0.05, 0) is 45.4 Å². The molecule has 0 bridgehead atoms. The van der Waals surface area contributed by atoms with Crippen molar-refractivity contribution in [3.63, 3.8) is 0 Å². The van der Waals surface area contributed by atoms with E-state index in [2.05, 4.69) is 10.2 Å². The highest BCUT2D eigenvalue weighted by molar-refractivity contribution is 5.82. The summed E-state index contributed by atoms with van der Waals surface area (Å²) in [5, 5.41) is 2.69. The third kappa shape index (κ3) is 6.41. The maximum atomic E-state index is 13.6. The SMILES string of the molecule is CC(F)(F)C(C)(C)C(=O)NCC1COCCN1CCCCOc1ccccc1. The van der Waals surface area contributed by atoms with Crippen LogP contribution in [-0.2, 0) is 9.53 Å². The van der Waals surface area contributed by atoms with Crippen molar-refractivity contribution in [1.29, 1.82) is 0 Å². The zero-order chi connectivity index (χ0) is 20.6. The van der Waals surface area contributed by atoms with Crippen LogP contribution in [0, 0.1) is 5.41 Å². The fourth-order valence-corrected chi connectivity index (χ4v) is 2.93. The predicted octanol–water partition coefficient (Wildman–Crippen LogP) is 3.34. The summed E-state index contributed by atoms with van der Waals surface area (Å²) in [4.78, 5) is 14.5. The fourth-order valence-electron chi connectivity index (χ4n) is 2.93. The number of amides is 1. The van der Waals surface area contributed by atoms with Crippen LogP contribution in [0.3, 0.4) is 0 Å². The van der Waals surface area contributed by atoms with Crippen LogP contribution in [0.4, 0.5) is 8.78 Å². The maximum Gasteiger partial charge on any atom is 0.259 e. The Morgan fingerprint density at radius 3 is 2.64 bits per heavy atom. The van der Waals surface area contributed by atoms with Crippen LogP contribution in [-0.4, -0.2) is 62.2 Å². The number of nitrogens with one attached hydrogen (secondary N) is 1. The molecule has 2 rings (SSSR count). The number of hydrogen-bond acceptors (Lipinski definition) is 4. The van der Waals surface area contributed by atoms with E-state index in [9.17, 15) is 13.6 Å². The summed E-state index contributed by atoms with van der Waals surface area (Å²) >= 11 is 0. The molecule has 1 aliphatic heterocycles. The highest BCUT2D eigenvalue weighted by atomic mass is 19.3. The molecule has 1 heterocycles. The Balaban J connectivity index is 1.73. The van der Waals surface area contributed by atoms with Crippen molar-refractivity contribution in [3.05, 3.63) is 30.3 Å². The first-order valence-corrected chi connectivity index (χ1v) is 9.87. The number of rotatable bonds is 10. The van der Waals surface area contributed by atoms with Gasteiger partial charge in [-0.3, -0.25) is 9.69 Å². The normalized spacial score (nSPS) is 18.7. The summed E-state index contributed by atoms with van der Waals surface area (Å²) in [5.74, 6) is -2.86. The number of nitrogens with zero attached hydrogens (tertiary/aromatic N) is 1. The molecule has 28 heavy (non-hydrogen) atoms. The van der Waals surface area contributed by atoms with Gasteiger partial charge in [0.1, 0.15) is 11.2 Å². The number of carbonyl (C=O) groups is 1. The Morgan fingerprint density at radius 1 is 1.25 bits per heavy atom. The lowest BCUT2D eigenvalue weighted by Crippen LogP contribution is -2.54. The third-order valence-corrected chi connectivity index (χ3v) is 5.36. The van der Waals surface area contributed by atoms with Gasteiger partial charge in [-0.1, -0.05) is 18.2 Å². The average molecular weight is 398 g/mol. The van der Waals surface area contributed by atoms with Gasteiger partial charge in [0.2, 0.25) is 5.91 Å². The number of ether oxygens (including phenoxy) is 2. The molecule has 0 saturated carbocycles. The van der Waals surface area contributed by atoms with E-state index in [4.69, 9.17) is 9.47 Å². The second-order valence-corrected chi connectivity index (χ2v) is 7.86. The van der Waals surface area contributed by atoms with E-state index in [-0.39, 0.29) is 6.04 Å². The van der Waals surface area contributed by atoms with E-state index in [0.29, 0.717) is 26.4 Å². The largest absolute Gasteiger partial charge is 0.494 e. The van der Waals surface area contributed by atoms with Gasteiger partial charge in [-0.15, -0.1) is 0 Å². The number of alkyl halides is 2. The summed E-state index contributed by atoms with van der Waals surface area (Å²) in [5.41, 5.74) is -1.75. The van der Waals surface area contributed by atoms with Gasteiger partial charge in [0, 0.05) is 20.0 Å². The smallest absolute Gasteiger partial charge is 0.259 e. The summed E-state index contributed by atoms with van der Waals surface area (Å²) in [7, 11) is 0. The first kappa shape index (κ1) is 22.6. The van der Waals surface area contributed by atoms with Crippen LogP contribution < -0.4 is 10.1 Å². The highest BCUT2D eigenvalue weighted by Gasteiger charge is 2.48. The van der Waals surface area contributed by atoms with Gasteiger partial charge in [-0.25, -0.2) is 8.78 Å². The van der Waals surface area contributed by atoms with Gasteiger partial charge in [0.05, 0.1) is 25.9 Å². The lowest BCUT2D eigenvalue weighted by molar-refractivity contribution is -0.151. The van der Waals surface area contributed by atoms with Crippen LogP contribution in [0.5, 0.6) is 5.75 Å². The highest BCUT2D eigenvalue weighted by Crippen LogP contribution is 2.35. The van der Waals surface area contributed by atoms with E-state index in [1.807, 2.05) is 30.3 Å². The van der Waals surface area contributed by atoms with Crippen LogP contribution in [0.25, 0.3) is 0 Å². The molecule has 1 atom stereocenters. The Kier molecular flexibility index (Phi) is 8.19. The lowest BCUT2D eigenvalue weighted by atomic mass is 9.85. The molecule has 0 radical (unpaired) electrons. The molecular weight excluding hydrogens is 366 g/mol. The zero-order valence-corrected chi connectivity index (χ0v) is 17.0. The molecule has 158 valence electrons. The van der Waals surface area contributed by atoms with Crippen molar-refractivity contribution in [2.45, 2.75) is 45.6 Å². The van der Waals surface area contributed by atoms with Crippen LogP contribution >= 0.6 is 0 Å². The number of carbonyl (C=O) groups excluding carboxylic acids is 1. The van der Waals surface area contributed by atoms with Gasteiger partial charge in [0.25, 0.3) is 5.92 Å². The average Bonchev–Trinajstić information content (AvgIpc) is 2.66. The van der Waals surface area contributed by atoms with Crippen LogP contribution in [0.1, 0.15) is 33.6 Å². The summed E-state index contributed by atoms with van der Waals surface area (Å²) in [6.07, 6.45) is 1.87. The quantitative estimate of drug-likeness (QED) is 0.614. The van der Waals surface area contributed by atoms with E-state index in [1.54, 1.807) is 0 Å². The molecule has 1 fully saturated rings. The monoisotopic (exact) mass is 398 g/mol. The predicted molar refractivity (Wildman–Crippen MR) is 105 cm³/mol. The summed E-state index contributed by atoms with van der Waals surface area (Å²) in [6.45, 7) is 7.03. The lowest BCUT2D eigenvalue weighted by Gasteiger charge is -2.37. The Hall–Kier alpha value is -1.73. The number of benzene rings is 1. The van der Waals surface area contributed by atoms with Crippen molar-refractivity contribution in [1.82, 2.24) is 10.2 Å². The van der Waals surface area contributed by atoms with Crippen molar-refractivity contribution in [2.24, 2.45) is 5.41 Å². The first-order chi connectivity index (χ1) is 13.2. The maximum absolute atomic E-state index is 13.6. The molecule has 1 unspecified atom stereocenters. The minimum atomic E-state index is -3.08. The standard InChI is InChI=1S/C21H32F2N2O3/c1-20(2,21(3,22)23)19(26)24-15-17-16-27-14-12-25(17)11-7-8-13-28-18-9-5-4-6-10-18/h4-6,9-10,17H,7-8,11-16H2,1-3H3,(H,24,26). The van der Waals surface area contributed by atoms with Crippen LogP contribution in [0.2, 0.25) is 0 Å². The first-order valence-electron chi connectivity index (χ1n) is 9.87. The number of halogens is 2. The van der Waals surface area contributed by atoms with E-state index in [1.165, 1.54) is 13.8 Å². The Morgan fingerprint density at radius 2 is 1.96 bits per heavy atom. The number of para-hydroxylation sites is 1. The molecule has 5 nitrogen and oxygen atoms in total. The molecule has 1 saturated heterocycles. The number of unbranched alkanes of at least 4 members (excludes halogenated alkanes) is 1. The van der Waals surface area contributed by atoms with Gasteiger partial charge < -0.3 is 14.8 Å². The molecule has 7 heteroatoms. The molecule has 1 N–H and O–H groups in total. The molecule has 0 spiro atoms. The fraction of sp³-hybridized carbons (Fsp3) is 0.667. The molecule has 0 aromatic heterocycles. The summed E-state index contributed by atoms with van der Waals surface area (Å²) in [6, 6.07) is 9.70. The molecular formula is C21H32F2N2O3. The van der Waals surface area contributed by atoms with Crippen molar-refractivity contribution in [2.75, 3.05) is 39.5 Å². The second kappa shape index (κ2) is 10.2. The van der Waals surface area contributed by atoms with E-state index < -0.39 is 17.2 Å². The minimum absolute atomic E-state index is 0.00554. The topological polar surface area (TPSA) is 50.8 Å². The molecule has 1 amide bonds. The van der Waals surface area contributed by atoms with Gasteiger partial charge >= 0.3 is 0 Å². The molecule has 1 aromatic rings. The van der Waals surface area contributed by atoms with Crippen molar-refractivity contribution < 1.29 is 23.0 Å². The van der Waals surface area contributed by atoms with Gasteiger partial charge in [0.15, 0.2) is 0 Å². The second-order valence-electron chi connectivity index (χ2n) is 7.86. The molecule has 1 aromatic carbocycles. The molecule has 1 aliphatic rings. The zero-order valence-electron chi connectivity index (χ0n) is 17.0. The van der Waals surface area contributed by atoms with E-state index in [0.717, 1.165) is 38.6 Å².